The molecule has 3 aromatic carbocycles. The summed E-state index contributed by atoms with van der Waals surface area (Å²) in [5.41, 5.74) is 4.06. The molecule has 3 fully saturated rings. The van der Waals surface area contributed by atoms with Crippen molar-refractivity contribution in [3.8, 4) is 5.75 Å². The molecule has 2 heterocycles. The maximum atomic E-state index is 15.0. The minimum Gasteiger partial charge on any atom is -0.508 e. The first kappa shape index (κ1) is 35.5. The molecule has 4 aromatic rings. The molecule has 8 rings (SSSR count). The van der Waals surface area contributed by atoms with Gasteiger partial charge in [0, 0.05) is 51.0 Å². The number of amides is 2. The number of unbranched alkanes of at least 4 members (excludes halogenated alkanes) is 1. The van der Waals surface area contributed by atoms with Crippen LogP contribution in [0, 0.1) is 23.1 Å². The maximum Gasteiger partial charge on any atom is 0.272 e. The Morgan fingerprint density at radius 3 is 2.58 bits per heavy atom. The smallest absolute Gasteiger partial charge is 0.272 e. The third-order valence-electron chi connectivity index (χ3n) is 13.1. The molecule has 0 spiro atoms. The Hall–Kier alpha value is -4.57. The fourth-order valence-corrected chi connectivity index (χ4v) is 10.2. The first-order valence-corrected chi connectivity index (χ1v) is 19.4. The average Bonchev–Trinajstić information content (AvgIpc) is 3.52. The molecule has 1 unspecified atom stereocenters. The van der Waals surface area contributed by atoms with Crippen LogP contribution in [0.1, 0.15) is 97.0 Å². The number of phenolic OH excluding ortho intramolecular Hbond substituents is 1. The molecule has 1 aromatic heterocycles. The van der Waals surface area contributed by atoms with E-state index in [1.54, 1.807) is 29.2 Å². The number of carbonyl (C=O) groups excluding carboxylic acids is 2. The fraction of sp³-hybridized carbons (Fsp3) is 0.488. The van der Waals surface area contributed by atoms with E-state index in [4.69, 9.17) is 4.74 Å². The van der Waals surface area contributed by atoms with E-state index in [0.717, 1.165) is 31.1 Å². The van der Waals surface area contributed by atoms with Gasteiger partial charge in [-0.2, -0.15) is 5.10 Å². The number of nitrogens with one attached hydrogen (secondary N) is 1. The number of aromatic amines is 1. The van der Waals surface area contributed by atoms with E-state index in [-0.39, 0.29) is 28.5 Å². The van der Waals surface area contributed by atoms with Gasteiger partial charge in [0.15, 0.2) is 0 Å². The summed E-state index contributed by atoms with van der Waals surface area (Å²) in [6.45, 7) is 4.65. The minimum atomic E-state index is -0.588. The van der Waals surface area contributed by atoms with E-state index in [2.05, 4.69) is 23.2 Å². The monoisotopic (exact) mass is 720 g/mol. The lowest BCUT2D eigenvalue weighted by Crippen LogP contribution is -2.50. The number of aromatic nitrogens is 2. The lowest BCUT2D eigenvalue weighted by Gasteiger charge is -2.50. The van der Waals surface area contributed by atoms with Gasteiger partial charge >= 0.3 is 0 Å². The number of rotatable bonds is 9. The van der Waals surface area contributed by atoms with Crippen LogP contribution in [0.2, 0.25) is 0 Å². The van der Waals surface area contributed by atoms with Crippen molar-refractivity contribution < 1.29 is 23.8 Å². The molecule has 278 valence electrons. The van der Waals surface area contributed by atoms with Crippen molar-refractivity contribution in [2.45, 2.75) is 83.2 Å². The van der Waals surface area contributed by atoms with E-state index in [0.29, 0.717) is 85.8 Å². The molecule has 2 saturated carbocycles. The lowest BCUT2D eigenvalue weighted by molar-refractivity contribution is -0.132. The zero-order valence-corrected chi connectivity index (χ0v) is 30.5. The number of aryl methyl sites for hydroxylation is 1. The Balaban J connectivity index is 0.786. The number of hydrogen-bond donors (Lipinski definition) is 2. The highest BCUT2D eigenvalue weighted by molar-refractivity contribution is 5.95. The number of aromatic hydroxyl groups is 1. The third-order valence-corrected chi connectivity index (χ3v) is 13.1. The topological polar surface area (TPSA) is 116 Å². The summed E-state index contributed by atoms with van der Waals surface area (Å²) >= 11 is 0. The van der Waals surface area contributed by atoms with Crippen molar-refractivity contribution in [3.05, 3.63) is 105 Å². The number of H-pyrrole nitrogens is 1. The molecular formula is C43H49FN4O5. The van der Waals surface area contributed by atoms with Crippen LogP contribution in [-0.2, 0) is 22.4 Å². The Morgan fingerprint density at radius 2 is 1.75 bits per heavy atom. The molecule has 5 atom stereocenters. The quantitative estimate of drug-likeness (QED) is 0.185. The zero-order valence-electron chi connectivity index (χ0n) is 30.5. The molecule has 2 N–H and O–H groups in total. The largest absolute Gasteiger partial charge is 0.508 e. The number of halogens is 1. The molecule has 4 aliphatic rings. The Labute approximate surface area is 309 Å². The van der Waals surface area contributed by atoms with Crippen LogP contribution in [0.4, 0.5) is 4.39 Å². The van der Waals surface area contributed by atoms with Gasteiger partial charge in [0.2, 0.25) is 5.91 Å². The summed E-state index contributed by atoms with van der Waals surface area (Å²) in [5.74, 6) is 1.42. The fourth-order valence-electron chi connectivity index (χ4n) is 10.2. The first-order chi connectivity index (χ1) is 25.7. The highest BCUT2D eigenvalue weighted by atomic mass is 19.1. The first-order valence-electron chi connectivity index (χ1n) is 19.4. The van der Waals surface area contributed by atoms with E-state index in [1.165, 1.54) is 42.9 Å². The van der Waals surface area contributed by atoms with Crippen LogP contribution in [0.15, 0.2) is 65.5 Å². The van der Waals surface area contributed by atoms with Crippen molar-refractivity contribution >= 4 is 22.6 Å². The Bertz CT molecular complexity index is 2080. The summed E-state index contributed by atoms with van der Waals surface area (Å²) in [7, 11) is 0. The van der Waals surface area contributed by atoms with Crippen molar-refractivity contribution in [2.24, 2.45) is 17.3 Å². The summed E-state index contributed by atoms with van der Waals surface area (Å²) in [6.07, 6.45) is 9.54. The van der Waals surface area contributed by atoms with Crippen LogP contribution in [-0.4, -0.2) is 75.8 Å². The van der Waals surface area contributed by atoms with Crippen LogP contribution in [0.25, 0.3) is 10.8 Å². The molecule has 0 radical (unpaired) electrons. The zero-order chi connectivity index (χ0) is 36.7. The van der Waals surface area contributed by atoms with Crippen LogP contribution >= 0.6 is 0 Å². The molecule has 10 heteroatoms. The summed E-state index contributed by atoms with van der Waals surface area (Å²) in [6, 6.07) is 17.7. The van der Waals surface area contributed by atoms with Gasteiger partial charge in [-0.1, -0.05) is 37.3 Å². The molecule has 3 aliphatic carbocycles. The standard InChI is InChI=1S/C43H49FN4O5/c1-43-18-17-31-30-13-11-29(49)26-28(30)10-12-32(31)36(43)14-16-39(43)53-23-5-4-8-40(50)47-19-21-48(22-20-47)42(52)35-24-27(9-15-37(35)44)25-38-33-6-2-3-7-34(33)41(51)46-45-38/h2-3,6-7,9,11,13,15,24,26,31-32,36,39,49H,4-5,8,10,12,14,16-23,25H2,1H3,(H,46,51)/t31-,32-,36+,39?,43+/m1/s1. The summed E-state index contributed by atoms with van der Waals surface area (Å²) < 4.78 is 21.5. The van der Waals surface area contributed by atoms with Crippen LogP contribution < -0.4 is 5.56 Å². The highest BCUT2D eigenvalue weighted by Gasteiger charge is 2.55. The predicted molar refractivity (Wildman–Crippen MR) is 200 cm³/mol. The number of hydrogen-bond acceptors (Lipinski definition) is 6. The van der Waals surface area contributed by atoms with Gasteiger partial charge in [-0.3, -0.25) is 14.4 Å². The number of nitrogens with zero attached hydrogens (tertiary/aromatic N) is 3. The second-order valence-corrected chi connectivity index (χ2v) is 15.9. The van der Waals surface area contributed by atoms with Gasteiger partial charge in [0.1, 0.15) is 11.6 Å². The molecule has 2 amide bonds. The number of benzene rings is 3. The third kappa shape index (κ3) is 6.86. The normalized spacial score (nSPS) is 25.2. The number of ether oxygens (including phenoxy) is 1. The van der Waals surface area contributed by atoms with E-state index in [9.17, 15) is 23.9 Å². The van der Waals surface area contributed by atoms with E-state index < -0.39 is 11.7 Å². The van der Waals surface area contributed by atoms with Gasteiger partial charge in [-0.05, 0) is 122 Å². The molecule has 1 saturated heterocycles. The molecule has 9 nitrogen and oxygen atoms in total. The highest BCUT2D eigenvalue weighted by Crippen LogP contribution is 2.61. The second-order valence-electron chi connectivity index (χ2n) is 15.9. The van der Waals surface area contributed by atoms with Gasteiger partial charge in [0.05, 0.1) is 22.7 Å². The molecule has 0 bridgehead atoms. The summed E-state index contributed by atoms with van der Waals surface area (Å²) in [4.78, 5) is 42.2. The van der Waals surface area contributed by atoms with Crippen molar-refractivity contribution in [3.63, 3.8) is 0 Å². The second kappa shape index (κ2) is 14.7. The van der Waals surface area contributed by atoms with Gasteiger partial charge in [-0.25, -0.2) is 9.49 Å². The SMILES string of the molecule is C[C@]12CC[C@@H]3c4ccc(O)cc4CC[C@H]3[C@@H]1CCC2OCCCCC(=O)N1CCN(C(=O)c2cc(Cc3n[nH]c(=O)c4ccccc34)ccc2F)CC1. The molecule has 53 heavy (non-hydrogen) atoms. The van der Waals surface area contributed by atoms with Crippen molar-refractivity contribution in [1.29, 1.82) is 0 Å². The van der Waals surface area contributed by atoms with Crippen LogP contribution in [0.3, 0.4) is 0 Å². The maximum absolute atomic E-state index is 15.0. The average molecular weight is 721 g/mol. The number of piperazine rings is 1. The minimum absolute atomic E-state index is 0.00304. The summed E-state index contributed by atoms with van der Waals surface area (Å²) in [5, 5.41) is 18.0. The van der Waals surface area contributed by atoms with Crippen molar-refractivity contribution in [2.75, 3.05) is 32.8 Å². The molecule has 1 aliphatic heterocycles. The van der Waals surface area contributed by atoms with Crippen LogP contribution in [0.5, 0.6) is 5.75 Å². The number of carbonyl (C=O) groups is 2. The van der Waals surface area contributed by atoms with Gasteiger partial charge in [-0.15, -0.1) is 0 Å². The van der Waals surface area contributed by atoms with Crippen molar-refractivity contribution in [1.82, 2.24) is 20.0 Å². The Kier molecular flexibility index (Phi) is 9.83. The predicted octanol–water partition coefficient (Wildman–Crippen LogP) is 6.75. The van der Waals surface area contributed by atoms with E-state index in [1.807, 2.05) is 29.2 Å². The van der Waals surface area contributed by atoms with Gasteiger partial charge in [0.25, 0.3) is 11.5 Å². The Morgan fingerprint density at radius 1 is 0.962 bits per heavy atom. The molecular weight excluding hydrogens is 671 g/mol. The number of phenols is 1. The number of fused-ring (bicyclic) bond motifs is 6. The lowest BCUT2D eigenvalue weighted by atomic mass is 9.55. The van der Waals surface area contributed by atoms with E-state index >= 15 is 0 Å². The van der Waals surface area contributed by atoms with Gasteiger partial charge < -0.3 is 19.6 Å².